The van der Waals surface area contributed by atoms with Crippen LogP contribution in [0.15, 0.2) is 23.6 Å². The van der Waals surface area contributed by atoms with Crippen molar-refractivity contribution in [1.82, 2.24) is 5.32 Å². The number of thiophene rings is 1. The number of rotatable bonds is 5. The maximum absolute atomic E-state index is 11.3. The molecule has 0 bridgehead atoms. The molecule has 0 spiro atoms. The predicted molar refractivity (Wildman–Crippen MR) is 85.4 cm³/mol. The molecule has 3 heteroatoms. The van der Waals surface area contributed by atoms with Crippen molar-refractivity contribution in [2.45, 2.75) is 44.9 Å². The summed E-state index contributed by atoms with van der Waals surface area (Å²) in [7, 11) is 0. The summed E-state index contributed by atoms with van der Waals surface area (Å²) < 4.78 is 1.37. The van der Waals surface area contributed by atoms with Gasteiger partial charge >= 0.3 is 0 Å². The van der Waals surface area contributed by atoms with Crippen LogP contribution in [0.2, 0.25) is 0 Å². The van der Waals surface area contributed by atoms with Crippen LogP contribution in [-0.2, 0) is 11.2 Å². The Morgan fingerprint density at radius 3 is 2.95 bits per heavy atom. The van der Waals surface area contributed by atoms with E-state index in [0.29, 0.717) is 6.42 Å². The maximum Gasteiger partial charge on any atom is 0.219 e. The molecule has 1 fully saturated rings. The minimum Gasteiger partial charge on any atom is -0.356 e. The van der Waals surface area contributed by atoms with Gasteiger partial charge in [-0.25, -0.2) is 0 Å². The monoisotopic (exact) mass is 287 g/mol. The first kappa shape index (κ1) is 13.6. The number of carbonyl (C=O) groups is 1. The number of benzene rings is 1. The van der Waals surface area contributed by atoms with Gasteiger partial charge in [-0.2, -0.15) is 0 Å². The van der Waals surface area contributed by atoms with Gasteiger partial charge in [-0.15, -0.1) is 11.3 Å². The fraction of sp³-hybridized carbons (Fsp3) is 0.471. The zero-order valence-corrected chi connectivity index (χ0v) is 12.8. The highest BCUT2D eigenvalue weighted by Crippen LogP contribution is 2.38. The lowest BCUT2D eigenvalue weighted by atomic mass is 9.80. The average Bonchev–Trinajstić information content (AvgIpc) is 2.79. The van der Waals surface area contributed by atoms with Gasteiger partial charge in [0.05, 0.1) is 0 Å². The Balaban J connectivity index is 1.74. The summed E-state index contributed by atoms with van der Waals surface area (Å²) in [6, 6.07) is 6.94. The van der Waals surface area contributed by atoms with Crippen molar-refractivity contribution < 1.29 is 4.79 Å². The Hall–Kier alpha value is -1.35. The second-order valence-corrected chi connectivity index (χ2v) is 6.51. The van der Waals surface area contributed by atoms with Crippen LogP contribution in [0.3, 0.4) is 0 Å². The maximum atomic E-state index is 11.3. The van der Waals surface area contributed by atoms with Gasteiger partial charge in [-0.1, -0.05) is 19.4 Å². The van der Waals surface area contributed by atoms with Crippen LogP contribution in [0.5, 0.6) is 0 Å². The summed E-state index contributed by atoms with van der Waals surface area (Å²) in [5.41, 5.74) is 2.88. The third kappa shape index (κ3) is 2.73. The lowest BCUT2D eigenvalue weighted by Crippen LogP contribution is -2.24. The smallest absolute Gasteiger partial charge is 0.219 e. The van der Waals surface area contributed by atoms with Gasteiger partial charge in [0.1, 0.15) is 0 Å². The summed E-state index contributed by atoms with van der Waals surface area (Å²) in [5.74, 6) is 0.923. The van der Waals surface area contributed by atoms with Gasteiger partial charge in [0.15, 0.2) is 0 Å². The second kappa shape index (κ2) is 5.96. The SMILES string of the molecule is CCC(=O)NCCc1csc2ccc(C3CCC3)cc12. The lowest BCUT2D eigenvalue weighted by Gasteiger charge is -2.25. The van der Waals surface area contributed by atoms with Crippen LogP contribution in [0.1, 0.15) is 49.7 Å². The number of fused-ring (bicyclic) bond motifs is 1. The number of hydrogen-bond donors (Lipinski definition) is 1. The van der Waals surface area contributed by atoms with E-state index in [9.17, 15) is 4.79 Å². The Morgan fingerprint density at radius 1 is 1.40 bits per heavy atom. The molecule has 1 aromatic carbocycles. The van der Waals surface area contributed by atoms with Gasteiger partial charge in [0.2, 0.25) is 5.91 Å². The number of amides is 1. The molecule has 1 amide bonds. The van der Waals surface area contributed by atoms with E-state index in [-0.39, 0.29) is 5.91 Å². The summed E-state index contributed by atoms with van der Waals surface area (Å²) in [6.45, 7) is 2.63. The first-order chi connectivity index (χ1) is 9.78. The highest BCUT2D eigenvalue weighted by atomic mass is 32.1. The van der Waals surface area contributed by atoms with E-state index in [1.54, 1.807) is 0 Å². The van der Waals surface area contributed by atoms with E-state index in [4.69, 9.17) is 0 Å². The molecule has 1 aromatic heterocycles. The highest BCUT2D eigenvalue weighted by Gasteiger charge is 2.20. The fourth-order valence-corrected chi connectivity index (χ4v) is 3.73. The van der Waals surface area contributed by atoms with Gasteiger partial charge in [0, 0.05) is 17.7 Å². The third-order valence-corrected chi connectivity index (χ3v) is 5.30. The average molecular weight is 287 g/mol. The second-order valence-electron chi connectivity index (χ2n) is 5.60. The molecule has 0 atom stereocenters. The van der Waals surface area contributed by atoms with Crippen LogP contribution < -0.4 is 5.32 Å². The van der Waals surface area contributed by atoms with Gasteiger partial charge in [-0.3, -0.25) is 4.79 Å². The number of carbonyl (C=O) groups excluding carboxylic acids is 1. The first-order valence-corrected chi connectivity index (χ1v) is 8.42. The van der Waals surface area contributed by atoms with E-state index in [1.165, 1.54) is 40.5 Å². The molecule has 1 N–H and O–H groups in total. The molecule has 2 aromatic rings. The van der Waals surface area contributed by atoms with E-state index in [2.05, 4.69) is 28.9 Å². The first-order valence-electron chi connectivity index (χ1n) is 7.54. The molecule has 1 saturated carbocycles. The van der Waals surface area contributed by atoms with Crippen molar-refractivity contribution in [3.63, 3.8) is 0 Å². The lowest BCUT2D eigenvalue weighted by molar-refractivity contribution is -0.120. The van der Waals surface area contributed by atoms with Crippen LogP contribution in [-0.4, -0.2) is 12.5 Å². The molecule has 2 nitrogen and oxygen atoms in total. The normalized spacial score (nSPS) is 15.2. The molecule has 0 saturated heterocycles. The Morgan fingerprint density at radius 2 is 2.25 bits per heavy atom. The van der Waals surface area contributed by atoms with Crippen molar-refractivity contribution >= 4 is 27.3 Å². The van der Waals surface area contributed by atoms with E-state index < -0.39 is 0 Å². The molecule has 1 aliphatic carbocycles. The van der Waals surface area contributed by atoms with Crippen molar-refractivity contribution in [3.05, 3.63) is 34.7 Å². The highest BCUT2D eigenvalue weighted by molar-refractivity contribution is 7.17. The Bertz CT molecular complexity index is 612. The zero-order valence-electron chi connectivity index (χ0n) is 11.9. The fourth-order valence-electron chi connectivity index (χ4n) is 2.75. The van der Waals surface area contributed by atoms with E-state index in [0.717, 1.165) is 18.9 Å². The van der Waals surface area contributed by atoms with Gasteiger partial charge < -0.3 is 5.32 Å². The molecule has 0 unspecified atom stereocenters. The van der Waals surface area contributed by atoms with Crippen LogP contribution in [0.25, 0.3) is 10.1 Å². The molecular formula is C17H21NOS. The minimum atomic E-state index is 0.139. The van der Waals surface area contributed by atoms with Gasteiger partial charge in [0.25, 0.3) is 0 Å². The quantitative estimate of drug-likeness (QED) is 0.875. The standard InChI is InChI=1S/C17H21NOS/c1-2-17(19)18-9-8-14-11-20-16-7-6-13(10-15(14)16)12-4-3-5-12/h6-7,10-12H,2-5,8-9H2,1H3,(H,18,19). The molecule has 1 aliphatic rings. The van der Waals surface area contributed by atoms with Crippen molar-refractivity contribution in [1.29, 1.82) is 0 Å². The minimum absolute atomic E-state index is 0.139. The molecule has 1 heterocycles. The van der Waals surface area contributed by atoms with Crippen LogP contribution >= 0.6 is 11.3 Å². The van der Waals surface area contributed by atoms with Crippen molar-refractivity contribution in [3.8, 4) is 0 Å². The number of nitrogens with one attached hydrogen (secondary N) is 1. The molecule has 20 heavy (non-hydrogen) atoms. The summed E-state index contributed by atoms with van der Waals surface area (Å²) in [6.07, 6.45) is 5.56. The summed E-state index contributed by atoms with van der Waals surface area (Å²) >= 11 is 1.81. The Labute approximate surface area is 124 Å². The predicted octanol–water partition coefficient (Wildman–Crippen LogP) is 4.24. The third-order valence-electron chi connectivity index (χ3n) is 4.29. The van der Waals surface area contributed by atoms with E-state index >= 15 is 0 Å². The van der Waals surface area contributed by atoms with Crippen molar-refractivity contribution in [2.75, 3.05) is 6.54 Å². The molecule has 3 rings (SSSR count). The van der Waals surface area contributed by atoms with Gasteiger partial charge in [-0.05, 0) is 59.2 Å². The molecule has 106 valence electrons. The largest absolute Gasteiger partial charge is 0.356 e. The number of hydrogen-bond acceptors (Lipinski definition) is 2. The van der Waals surface area contributed by atoms with Crippen LogP contribution in [0, 0.1) is 0 Å². The summed E-state index contributed by atoms with van der Waals surface area (Å²) in [4.78, 5) is 11.3. The Kier molecular flexibility index (Phi) is 4.06. The molecule has 0 aliphatic heterocycles. The van der Waals surface area contributed by atoms with Crippen LogP contribution in [0.4, 0.5) is 0 Å². The summed E-state index contributed by atoms with van der Waals surface area (Å²) in [5, 5.41) is 6.60. The van der Waals surface area contributed by atoms with Crippen molar-refractivity contribution in [2.24, 2.45) is 0 Å². The molecular weight excluding hydrogens is 266 g/mol. The zero-order chi connectivity index (χ0) is 13.9. The van der Waals surface area contributed by atoms with E-state index in [1.807, 2.05) is 18.3 Å². The topological polar surface area (TPSA) is 29.1 Å². The molecule has 0 radical (unpaired) electrons.